The standard InChI is InChI=1S/C12H10N2O4S/c1-19(16,17)11-4-2-10(3-5-11)18-12-13-6-9(8-15)7-14-12/h2-8H,1H3. The van der Waals surface area contributed by atoms with Crippen molar-refractivity contribution in [1.82, 2.24) is 9.97 Å². The van der Waals surface area contributed by atoms with Gasteiger partial charge >= 0.3 is 6.01 Å². The van der Waals surface area contributed by atoms with E-state index in [1.54, 1.807) is 0 Å². The molecule has 1 aromatic heterocycles. The average molecular weight is 278 g/mol. The Hall–Kier alpha value is -2.28. The van der Waals surface area contributed by atoms with Gasteiger partial charge in [-0.05, 0) is 24.3 Å². The summed E-state index contributed by atoms with van der Waals surface area (Å²) in [6.07, 6.45) is 4.43. The maximum Gasteiger partial charge on any atom is 0.321 e. The summed E-state index contributed by atoms with van der Waals surface area (Å²) < 4.78 is 27.9. The number of hydrogen-bond donors (Lipinski definition) is 0. The van der Waals surface area contributed by atoms with E-state index in [9.17, 15) is 13.2 Å². The number of sulfone groups is 1. The number of nitrogens with zero attached hydrogens (tertiary/aromatic N) is 2. The molecule has 0 atom stereocenters. The molecule has 6 nitrogen and oxygen atoms in total. The van der Waals surface area contributed by atoms with Crippen LogP contribution in [0, 0.1) is 0 Å². The van der Waals surface area contributed by atoms with E-state index in [1.165, 1.54) is 36.7 Å². The number of rotatable bonds is 4. The topological polar surface area (TPSA) is 86.2 Å². The minimum absolute atomic E-state index is 0.0812. The third kappa shape index (κ3) is 3.35. The van der Waals surface area contributed by atoms with Crippen LogP contribution >= 0.6 is 0 Å². The van der Waals surface area contributed by atoms with Gasteiger partial charge in [0.1, 0.15) is 5.75 Å². The number of hydrogen-bond acceptors (Lipinski definition) is 6. The smallest absolute Gasteiger partial charge is 0.321 e. The minimum atomic E-state index is -3.23. The number of ether oxygens (including phenoxy) is 1. The van der Waals surface area contributed by atoms with Crippen molar-refractivity contribution >= 4 is 16.1 Å². The van der Waals surface area contributed by atoms with Crippen molar-refractivity contribution in [2.45, 2.75) is 4.90 Å². The zero-order chi connectivity index (χ0) is 13.9. The van der Waals surface area contributed by atoms with Gasteiger partial charge in [0.05, 0.1) is 10.5 Å². The highest BCUT2D eigenvalue weighted by atomic mass is 32.2. The Morgan fingerprint density at radius 3 is 2.16 bits per heavy atom. The van der Waals surface area contributed by atoms with Gasteiger partial charge in [-0.25, -0.2) is 18.4 Å². The zero-order valence-electron chi connectivity index (χ0n) is 9.98. The van der Waals surface area contributed by atoms with Crippen molar-refractivity contribution < 1.29 is 17.9 Å². The van der Waals surface area contributed by atoms with Crippen molar-refractivity contribution in [3.8, 4) is 11.8 Å². The highest BCUT2D eigenvalue weighted by molar-refractivity contribution is 7.90. The van der Waals surface area contributed by atoms with Gasteiger partial charge in [-0.2, -0.15) is 0 Å². The fourth-order valence-corrected chi connectivity index (χ4v) is 1.93. The molecule has 0 fully saturated rings. The maximum absolute atomic E-state index is 11.3. The summed E-state index contributed by atoms with van der Waals surface area (Å²) in [7, 11) is -3.23. The van der Waals surface area contributed by atoms with E-state index in [0.717, 1.165) is 6.26 Å². The summed E-state index contributed by atoms with van der Waals surface area (Å²) in [4.78, 5) is 18.3. The Morgan fingerprint density at radius 2 is 1.68 bits per heavy atom. The van der Waals surface area contributed by atoms with Crippen molar-refractivity contribution in [3.63, 3.8) is 0 Å². The SMILES string of the molecule is CS(=O)(=O)c1ccc(Oc2ncc(C=O)cn2)cc1. The summed E-state index contributed by atoms with van der Waals surface area (Å²) in [5, 5.41) is 0. The lowest BCUT2D eigenvalue weighted by atomic mass is 10.3. The Kier molecular flexibility index (Phi) is 3.57. The van der Waals surface area contributed by atoms with Crippen LogP contribution in [0.4, 0.5) is 0 Å². The molecule has 0 radical (unpaired) electrons. The number of carbonyl (C=O) groups excluding carboxylic acids is 1. The molecule has 0 N–H and O–H groups in total. The van der Waals surface area contributed by atoms with Crippen LogP contribution in [0.25, 0.3) is 0 Å². The van der Waals surface area contributed by atoms with Crippen LogP contribution in [0.15, 0.2) is 41.6 Å². The zero-order valence-corrected chi connectivity index (χ0v) is 10.8. The molecule has 0 aliphatic carbocycles. The van der Waals surface area contributed by atoms with Crippen molar-refractivity contribution in [1.29, 1.82) is 0 Å². The molecule has 98 valence electrons. The molecule has 7 heteroatoms. The minimum Gasteiger partial charge on any atom is -0.424 e. The Bertz CT molecular complexity index is 679. The second-order valence-corrected chi connectivity index (χ2v) is 5.78. The summed E-state index contributed by atoms with van der Waals surface area (Å²) in [5.41, 5.74) is 0.347. The third-order valence-electron chi connectivity index (χ3n) is 2.25. The van der Waals surface area contributed by atoms with E-state index in [-0.39, 0.29) is 10.9 Å². The molecule has 0 bridgehead atoms. The quantitative estimate of drug-likeness (QED) is 0.787. The average Bonchev–Trinajstić information content (AvgIpc) is 2.39. The van der Waals surface area contributed by atoms with Gasteiger partial charge < -0.3 is 4.74 Å². The normalized spacial score (nSPS) is 11.0. The molecule has 0 amide bonds. The van der Waals surface area contributed by atoms with Crippen LogP contribution in [0.5, 0.6) is 11.8 Å². The van der Waals surface area contributed by atoms with Gasteiger partial charge in [-0.15, -0.1) is 0 Å². The fourth-order valence-electron chi connectivity index (χ4n) is 1.30. The number of aromatic nitrogens is 2. The van der Waals surface area contributed by atoms with E-state index >= 15 is 0 Å². The van der Waals surface area contributed by atoms with Crippen molar-refractivity contribution in [3.05, 3.63) is 42.2 Å². The van der Waals surface area contributed by atoms with Crippen molar-refractivity contribution in [2.75, 3.05) is 6.26 Å². The molecule has 1 heterocycles. The molecule has 0 spiro atoms. The van der Waals surface area contributed by atoms with Gasteiger partial charge in [0.15, 0.2) is 16.1 Å². The van der Waals surface area contributed by atoms with Gasteiger partial charge in [0.25, 0.3) is 0 Å². The molecule has 0 aliphatic heterocycles. The highest BCUT2D eigenvalue weighted by Crippen LogP contribution is 2.19. The van der Waals surface area contributed by atoms with Crippen LogP contribution in [-0.4, -0.2) is 30.9 Å². The lowest BCUT2D eigenvalue weighted by Gasteiger charge is -2.04. The molecular formula is C12H10N2O4S. The second kappa shape index (κ2) is 5.15. The molecule has 19 heavy (non-hydrogen) atoms. The van der Waals surface area contributed by atoms with E-state index in [1.807, 2.05) is 0 Å². The first-order valence-corrected chi connectivity index (χ1v) is 7.13. The highest BCUT2D eigenvalue weighted by Gasteiger charge is 2.07. The second-order valence-electron chi connectivity index (χ2n) is 3.76. The summed E-state index contributed by atoms with van der Waals surface area (Å²) >= 11 is 0. The van der Waals surface area contributed by atoms with Gasteiger partial charge in [-0.1, -0.05) is 0 Å². The summed E-state index contributed by atoms with van der Waals surface area (Å²) in [6.45, 7) is 0. The first kappa shape index (κ1) is 13.2. The van der Waals surface area contributed by atoms with Crippen LogP contribution in [0.2, 0.25) is 0 Å². The number of benzene rings is 1. The van der Waals surface area contributed by atoms with Gasteiger partial charge in [0, 0.05) is 18.6 Å². The maximum atomic E-state index is 11.3. The van der Waals surface area contributed by atoms with Crippen LogP contribution in [0.3, 0.4) is 0 Å². The number of carbonyl (C=O) groups is 1. The Labute approximate surface area is 110 Å². The molecule has 0 saturated heterocycles. The summed E-state index contributed by atoms with van der Waals surface area (Å²) in [5.74, 6) is 0.409. The predicted octanol–water partition coefficient (Wildman–Crippen LogP) is 1.48. The van der Waals surface area contributed by atoms with Gasteiger partial charge in [0.2, 0.25) is 0 Å². The first-order chi connectivity index (χ1) is 8.99. The fraction of sp³-hybridized carbons (Fsp3) is 0.0833. The molecule has 1 aromatic carbocycles. The van der Waals surface area contributed by atoms with Crippen LogP contribution in [-0.2, 0) is 9.84 Å². The molecular weight excluding hydrogens is 268 g/mol. The van der Waals surface area contributed by atoms with E-state index in [2.05, 4.69) is 9.97 Å². The lowest BCUT2D eigenvalue weighted by molar-refractivity contribution is 0.112. The van der Waals surface area contributed by atoms with E-state index in [4.69, 9.17) is 4.74 Å². The monoisotopic (exact) mass is 278 g/mol. The third-order valence-corrected chi connectivity index (χ3v) is 3.37. The Morgan fingerprint density at radius 1 is 1.11 bits per heavy atom. The van der Waals surface area contributed by atoms with Crippen LogP contribution in [0.1, 0.15) is 10.4 Å². The van der Waals surface area contributed by atoms with Gasteiger partial charge in [-0.3, -0.25) is 4.79 Å². The van der Waals surface area contributed by atoms with E-state index in [0.29, 0.717) is 17.6 Å². The largest absolute Gasteiger partial charge is 0.424 e. The first-order valence-electron chi connectivity index (χ1n) is 5.24. The molecule has 0 saturated carbocycles. The lowest BCUT2D eigenvalue weighted by Crippen LogP contribution is -1.97. The molecule has 0 unspecified atom stereocenters. The predicted molar refractivity (Wildman–Crippen MR) is 67.0 cm³/mol. The molecule has 2 rings (SSSR count). The van der Waals surface area contributed by atoms with Crippen LogP contribution < -0.4 is 4.74 Å². The molecule has 2 aromatic rings. The summed E-state index contributed by atoms with van der Waals surface area (Å²) in [6, 6.07) is 5.97. The Balaban J connectivity index is 2.17. The molecule has 0 aliphatic rings. The van der Waals surface area contributed by atoms with E-state index < -0.39 is 9.84 Å². The van der Waals surface area contributed by atoms with Crippen molar-refractivity contribution in [2.24, 2.45) is 0 Å². The number of aldehydes is 1.